The lowest BCUT2D eigenvalue weighted by molar-refractivity contribution is -0.384. The number of nitrogens with zero attached hydrogens (tertiary/aromatic N) is 1. The summed E-state index contributed by atoms with van der Waals surface area (Å²) in [5.74, 6) is -0.790. The molecule has 1 aromatic carbocycles. The summed E-state index contributed by atoms with van der Waals surface area (Å²) in [6.07, 6.45) is 3.41. The van der Waals surface area contributed by atoms with Gasteiger partial charge in [0.05, 0.1) is 4.92 Å². The Labute approximate surface area is 139 Å². The molecule has 2 rings (SSSR count). The number of hydrogen-bond donors (Lipinski definition) is 3. The molecule has 0 bridgehead atoms. The second-order valence-electron chi connectivity index (χ2n) is 6.12. The van der Waals surface area contributed by atoms with Crippen molar-refractivity contribution in [3.05, 3.63) is 39.9 Å². The van der Waals surface area contributed by atoms with Crippen molar-refractivity contribution in [3.8, 4) is 0 Å². The van der Waals surface area contributed by atoms with Gasteiger partial charge in [-0.3, -0.25) is 19.7 Å². The van der Waals surface area contributed by atoms with Crippen molar-refractivity contribution < 1.29 is 14.5 Å². The summed E-state index contributed by atoms with van der Waals surface area (Å²) in [5.41, 5.74) is 5.81. The minimum absolute atomic E-state index is 0.0782. The monoisotopic (exact) mass is 334 g/mol. The van der Waals surface area contributed by atoms with Crippen LogP contribution in [0.3, 0.4) is 0 Å². The van der Waals surface area contributed by atoms with E-state index < -0.39 is 16.9 Å². The normalized spacial score (nSPS) is 21.6. The number of amides is 2. The first-order chi connectivity index (χ1) is 11.4. The number of non-ortho nitro benzene ring substituents is 1. The molecule has 1 atom stereocenters. The van der Waals surface area contributed by atoms with Gasteiger partial charge in [0.15, 0.2) is 0 Å². The Morgan fingerprint density at radius 1 is 1.29 bits per heavy atom. The zero-order valence-corrected chi connectivity index (χ0v) is 13.5. The van der Waals surface area contributed by atoms with Crippen LogP contribution in [0.15, 0.2) is 24.3 Å². The van der Waals surface area contributed by atoms with Crippen LogP contribution in [0.5, 0.6) is 0 Å². The minimum Gasteiger partial charge on any atom is -0.352 e. The van der Waals surface area contributed by atoms with Gasteiger partial charge in [-0.15, -0.1) is 0 Å². The summed E-state index contributed by atoms with van der Waals surface area (Å²) >= 11 is 0. The maximum atomic E-state index is 12.2. The molecule has 8 nitrogen and oxygen atoms in total. The zero-order chi connectivity index (χ0) is 17.7. The molecule has 4 N–H and O–H groups in total. The van der Waals surface area contributed by atoms with Crippen molar-refractivity contribution in [2.75, 3.05) is 0 Å². The molecule has 0 heterocycles. The Kier molecular flexibility index (Phi) is 5.86. The number of nitrogens with two attached hydrogens (primary N) is 1. The van der Waals surface area contributed by atoms with Crippen LogP contribution in [0.25, 0.3) is 0 Å². The fourth-order valence-corrected chi connectivity index (χ4v) is 2.70. The third-order valence-corrected chi connectivity index (χ3v) is 4.18. The van der Waals surface area contributed by atoms with E-state index in [2.05, 4.69) is 10.6 Å². The van der Waals surface area contributed by atoms with E-state index in [0.29, 0.717) is 0 Å². The SMILES string of the molecule is CC(NC(=O)c1cccc([N+](=O)[O-])c1)C(=O)NC1CCC(N)CC1. The molecule has 1 aliphatic carbocycles. The van der Waals surface area contributed by atoms with E-state index in [1.807, 2.05) is 0 Å². The first kappa shape index (κ1) is 17.9. The number of carbonyl (C=O) groups is 2. The topological polar surface area (TPSA) is 127 Å². The maximum absolute atomic E-state index is 12.2. The molecular formula is C16H22N4O4. The first-order valence-electron chi connectivity index (χ1n) is 7.98. The van der Waals surface area contributed by atoms with Crippen LogP contribution >= 0.6 is 0 Å². The molecule has 1 aromatic rings. The molecule has 2 amide bonds. The Morgan fingerprint density at radius 3 is 2.58 bits per heavy atom. The molecule has 1 aliphatic rings. The number of nitrogens with one attached hydrogen (secondary N) is 2. The van der Waals surface area contributed by atoms with Gasteiger partial charge in [-0.1, -0.05) is 6.07 Å². The van der Waals surface area contributed by atoms with E-state index in [4.69, 9.17) is 5.73 Å². The van der Waals surface area contributed by atoms with Crippen molar-refractivity contribution >= 4 is 17.5 Å². The summed E-state index contributed by atoms with van der Waals surface area (Å²) in [6, 6.07) is 4.94. The molecule has 0 aliphatic heterocycles. The number of hydrogen-bond acceptors (Lipinski definition) is 5. The van der Waals surface area contributed by atoms with Crippen molar-refractivity contribution in [1.29, 1.82) is 0 Å². The van der Waals surface area contributed by atoms with Gasteiger partial charge >= 0.3 is 0 Å². The molecule has 1 fully saturated rings. The maximum Gasteiger partial charge on any atom is 0.270 e. The quantitative estimate of drug-likeness (QED) is 0.549. The highest BCUT2D eigenvalue weighted by Gasteiger charge is 2.23. The fraction of sp³-hybridized carbons (Fsp3) is 0.500. The first-order valence-corrected chi connectivity index (χ1v) is 7.98. The second kappa shape index (κ2) is 7.87. The molecule has 24 heavy (non-hydrogen) atoms. The predicted molar refractivity (Wildman–Crippen MR) is 88.4 cm³/mol. The third-order valence-electron chi connectivity index (χ3n) is 4.18. The summed E-state index contributed by atoms with van der Waals surface area (Å²) in [5, 5.41) is 16.2. The van der Waals surface area contributed by atoms with E-state index >= 15 is 0 Å². The summed E-state index contributed by atoms with van der Waals surface area (Å²) < 4.78 is 0. The number of nitro benzene ring substituents is 1. The summed E-state index contributed by atoms with van der Waals surface area (Å²) in [7, 11) is 0. The van der Waals surface area contributed by atoms with Gasteiger partial charge in [0.2, 0.25) is 5.91 Å². The number of carbonyl (C=O) groups excluding carboxylic acids is 2. The van der Waals surface area contributed by atoms with E-state index in [1.54, 1.807) is 6.92 Å². The lowest BCUT2D eigenvalue weighted by Crippen LogP contribution is -2.49. The van der Waals surface area contributed by atoms with Gasteiger partial charge in [0, 0.05) is 29.8 Å². The van der Waals surface area contributed by atoms with Crippen molar-refractivity contribution in [2.45, 2.75) is 50.7 Å². The highest BCUT2D eigenvalue weighted by atomic mass is 16.6. The van der Waals surface area contributed by atoms with Crippen LogP contribution in [0.2, 0.25) is 0 Å². The Bertz CT molecular complexity index is 626. The smallest absolute Gasteiger partial charge is 0.270 e. The lowest BCUT2D eigenvalue weighted by Gasteiger charge is -2.28. The molecule has 1 saturated carbocycles. The summed E-state index contributed by atoms with van der Waals surface area (Å²) in [6.45, 7) is 1.58. The average molecular weight is 334 g/mol. The van der Waals surface area contributed by atoms with Crippen LogP contribution < -0.4 is 16.4 Å². The van der Waals surface area contributed by atoms with Crippen LogP contribution in [0.1, 0.15) is 43.0 Å². The van der Waals surface area contributed by atoms with Gasteiger partial charge < -0.3 is 16.4 Å². The Hall–Kier alpha value is -2.48. The van der Waals surface area contributed by atoms with Crippen LogP contribution in [0, 0.1) is 10.1 Å². The third kappa shape index (κ3) is 4.76. The van der Waals surface area contributed by atoms with E-state index in [1.165, 1.54) is 24.3 Å². The highest BCUT2D eigenvalue weighted by molar-refractivity contribution is 5.97. The van der Waals surface area contributed by atoms with E-state index in [0.717, 1.165) is 25.7 Å². The van der Waals surface area contributed by atoms with Crippen molar-refractivity contribution in [3.63, 3.8) is 0 Å². The number of rotatable bonds is 5. The fourth-order valence-electron chi connectivity index (χ4n) is 2.70. The Morgan fingerprint density at radius 2 is 1.96 bits per heavy atom. The largest absolute Gasteiger partial charge is 0.352 e. The molecule has 0 aromatic heterocycles. The van der Waals surface area contributed by atoms with Gasteiger partial charge in [0.25, 0.3) is 11.6 Å². The van der Waals surface area contributed by atoms with Gasteiger partial charge in [0.1, 0.15) is 6.04 Å². The van der Waals surface area contributed by atoms with Gasteiger partial charge in [-0.25, -0.2) is 0 Å². The standard InChI is InChI=1S/C16H22N4O4/c1-10(15(21)19-13-7-5-12(17)6-8-13)18-16(22)11-3-2-4-14(9-11)20(23)24/h2-4,9-10,12-13H,5-8,17H2,1H3,(H,18,22)(H,19,21). The van der Waals surface area contributed by atoms with Gasteiger partial charge in [-0.05, 0) is 38.7 Å². The molecule has 0 saturated heterocycles. The number of benzene rings is 1. The lowest BCUT2D eigenvalue weighted by atomic mass is 9.91. The molecule has 130 valence electrons. The van der Waals surface area contributed by atoms with E-state index in [-0.39, 0.29) is 29.2 Å². The Balaban J connectivity index is 1.89. The van der Waals surface area contributed by atoms with Crippen LogP contribution in [0.4, 0.5) is 5.69 Å². The molecule has 1 unspecified atom stereocenters. The average Bonchev–Trinajstić information content (AvgIpc) is 2.56. The van der Waals surface area contributed by atoms with Crippen LogP contribution in [-0.4, -0.2) is 34.9 Å². The molecule has 0 radical (unpaired) electrons. The van der Waals surface area contributed by atoms with Crippen molar-refractivity contribution in [1.82, 2.24) is 10.6 Å². The van der Waals surface area contributed by atoms with Crippen LogP contribution in [-0.2, 0) is 4.79 Å². The molecule has 0 spiro atoms. The van der Waals surface area contributed by atoms with Gasteiger partial charge in [-0.2, -0.15) is 0 Å². The predicted octanol–water partition coefficient (Wildman–Crippen LogP) is 1.10. The molecule has 8 heteroatoms. The van der Waals surface area contributed by atoms with Crippen molar-refractivity contribution in [2.24, 2.45) is 5.73 Å². The highest BCUT2D eigenvalue weighted by Crippen LogP contribution is 2.17. The molecular weight excluding hydrogens is 312 g/mol. The minimum atomic E-state index is -0.729. The zero-order valence-electron chi connectivity index (χ0n) is 13.5. The second-order valence-corrected chi connectivity index (χ2v) is 6.12. The van der Waals surface area contributed by atoms with E-state index in [9.17, 15) is 19.7 Å². The number of nitro groups is 1. The summed E-state index contributed by atoms with van der Waals surface area (Å²) in [4.78, 5) is 34.5.